The number of aromatic amines is 1. The Morgan fingerprint density at radius 1 is 1.47 bits per heavy atom. The molecule has 0 bridgehead atoms. The van der Waals surface area contributed by atoms with Gasteiger partial charge in [-0.25, -0.2) is 4.79 Å². The Balaban J connectivity index is 2.27. The molecule has 0 saturated carbocycles. The molecule has 2 aromatic rings. The van der Waals surface area contributed by atoms with E-state index in [0.29, 0.717) is 30.0 Å². The molecule has 0 aliphatic carbocycles. The van der Waals surface area contributed by atoms with Gasteiger partial charge in [0.2, 0.25) is 0 Å². The lowest BCUT2D eigenvalue weighted by Gasteiger charge is -2.03. The molecule has 0 aliphatic rings. The summed E-state index contributed by atoms with van der Waals surface area (Å²) in [6.45, 7) is 2.43. The molecule has 7 heteroatoms. The van der Waals surface area contributed by atoms with Crippen molar-refractivity contribution in [3.63, 3.8) is 0 Å². The van der Waals surface area contributed by atoms with E-state index in [-0.39, 0.29) is 12.1 Å². The number of hydrogen-bond acceptors (Lipinski definition) is 5. The maximum atomic E-state index is 11.7. The van der Waals surface area contributed by atoms with E-state index in [1.807, 2.05) is 6.92 Å². The second kappa shape index (κ2) is 5.66. The third kappa shape index (κ3) is 3.00. The van der Waals surface area contributed by atoms with Crippen LogP contribution in [0, 0.1) is 0 Å². The minimum atomic E-state index is -0.460. The van der Waals surface area contributed by atoms with Gasteiger partial charge in [-0.05, 0) is 6.42 Å². The number of ether oxygens (including phenoxy) is 1. The Bertz CT molecular complexity index is 668. The molecule has 0 atom stereocenters. The fourth-order valence-corrected chi connectivity index (χ4v) is 1.74. The van der Waals surface area contributed by atoms with E-state index in [0.717, 1.165) is 0 Å². The molecule has 0 saturated heterocycles. The number of aryl methyl sites for hydroxylation is 1. The lowest BCUT2D eigenvalue weighted by molar-refractivity contribution is 0.155. The van der Waals surface area contributed by atoms with Crippen molar-refractivity contribution >= 4 is 0 Å². The summed E-state index contributed by atoms with van der Waals surface area (Å²) >= 11 is 0. The molecule has 0 radical (unpaired) electrons. The SMILES string of the molecule is CCc1cn(Cc2cc(COC)on2)c(=O)[nH]c1=O. The van der Waals surface area contributed by atoms with E-state index < -0.39 is 5.69 Å². The van der Waals surface area contributed by atoms with Crippen LogP contribution in [0.5, 0.6) is 0 Å². The highest BCUT2D eigenvalue weighted by atomic mass is 16.5. The molecule has 0 amide bonds. The van der Waals surface area contributed by atoms with E-state index >= 15 is 0 Å². The topological polar surface area (TPSA) is 90.1 Å². The van der Waals surface area contributed by atoms with Crippen molar-refractivity contribution in [2.24, 2.45) is 0 Å². The summed E-state index contributed by atoms with van der Waals surface area (Å²) in [6, 6.07) is 1.71. The van der Waals surface area contributed by atoms with Crippen molar-refractivity contribution < 1.29 is 9.26 Å². The molecule has 102 valence electrons. The minimum Gasteiger partial charge on any atom is -0.377 e. The van der Waals surface area contributed by atoms with Crippen LogP contribution in [0.15, 0.2) is 26.4 Å². The van der Waals surface area contributed by atoms with Gasteiger partial charge in [-0.15, -0.1) is 0 Å². The quantitative estimate of drug-likeness (QED) is 0.838. The van der Waals surface area contributed by atoms with Gasteiger partial charge in [-0.1, -0.05) is 12.1 Å². The molecule has 1 N–H and O–H groups in total. The summed E-state index contributed by atoms with van der Waals surface area (Å²) in [5, 5.41) is 3.84. The smallest absolute Gasteiger partial charge is 0.328 e. The molecule has 0 spiro atoms. The zero-order valence-electron chi connectivity index (χ0n) is 10.8. The first-order chi connectivity index (χ1) is 9.13. The Morgan fingerprint density at radius 3 is 2.95 bits per heavy atom. The minimum absolute atomic E-state index is 0.246. The maximum absolute atomic E-state index is 11.7. The predicted octanol–water partition coefficient (Wildman–Crippen LogP) is 0.282. The molecule has 2 rings (SSSR count). The largest absolute Gasteiger partial charge is 0.377 e. The fourth-order valence-electron chi connectivity index (χ4n) is 1.74. The standard InChI is InChI=1S/C12H15N3O4/c1-3-8-5-15(12(17)13-11(8)16)6-9-4-10(7-18-2)19-14-9/h4-5H,3,6-7H2,1-2H3,(H,13,16,17). The van der Waals surface area contributed by atoms with Crippen molar-refractivity contribution in [1.29, 1.82) is 0 Å². The summed E-state index contributed by atoms with van der Waals surface area (Å²) in [5.74, 6) is 0.589. The highest BCUT2D eigenvalue weighted by Crippen LogP contribution is 2.05. The van der Waals surface area contributed by atoms with Gasteiger partial charge in [-0.3, -0.25) is 14.3 Å². The van der Waals surface area contributed by atoms with Crippen LogP contribution in [-0.4, -0.2) is 21.8 Å². The number of methoxy groups -OCH3 is 1. The van der Waals surface area contributed by atoms with Crippen LogP contribution in [0.25, 0.3) is 0 Å². The predicted molar refractivity (Wildman–Crippen MR) is 67.0 cm³/mol. The first-order valence-electron chi connectivity index (χ1n) is 5.90. The lowest BCUT2D eigenvalue weighted by Crippen LogP contribution is -2.31. The Kier molecular flexibility index (Phi) is 3.96. The number of H-pyrrole nitrogens is 1. The number of hydrogen-bond donors (Lipinski definition) is 1. The number of rotatable bonds is 5. The van der Waals surface area contributed by atoms with Gasteiger partial charge < -0.3 is 9.26 Å². The van der Waals surface area contributed by atoms with Crippen molar-refractivity contribution in [3.8, 4) is 0 Å². The van der Waals surface area contributed by atoms with Gasteiger partial charge >= 0.3 is 5.69 Å². The fraction of sp³-hybridized carbons (Fsp3) is 0.417. The first kappa shape index (κ1) is 13.3. The monoisotopic (exact) mass is 265 g/mol. The van der Waals surface area contributed by atoms with Gasteiger partial charge in [-0.2, -0.15) is 0 Å². The molecule has 2 aromatic heterocycles. The third-order valence-electron chi connectivity index (χ3n) is 2.69. The number of nitrogens with zero attached hydrogens (tertiary/aromatic N) is 2. The zero-order valence-corrected chi connectivity index (χ0v) is 10.8. The van der Waals surface area contributed by atoms with Crippen LogP contribution in [0.2, 0.25) is 0 Å². The van der Waals surface area contributed by atoms with Crippen LogP contribution in [-0.2, 0) is 24.3 Å². The summed E-state index contributed by atoms with van der Waals surface area (Å²) in [5.41, 5.74) is 0.353. The molecule has 19 heavy (non-hydrogen) atoms. The average molecular weight is 265 g/mol. The Morgan fingerprint density at radius 2 is 2.26 bits per heavy atom. The van der Waals surface area contributed by atoms with Gasteiger partial charge in [0.05, 0.1) is 6.54 Å². The van der Waals surface area contributed by atoms with E-state index in [1.54, 1.807) is 19.4 Å². The highest BCUT2D eigenvalue weighted by Gasteiger charge is 2.08. The maximum Gasteiger partial charge on any atom is 0.328 e. The summed E-state index contributed by atoms with van der Waals surface area (Å²) in [6.07, 6.45) is 2.11. The van der Waals surface area contributed by atoms with Crippen LogP contribution in [0.4, 0.5) is 0 Å². The van der Waals surface area contributed by atoms with E-state index in [2.05, 4.69) is 10.1 Å². The number of aromatic nitrogens is 3. The molecule has 2 heterocycles. The third-order valence-corrected chi connectivity index (χ3v) is 2.69. The number of nitrogens with one attached hydrogen (secondary N) is 1. The Hall–Kier alpha value is -2.15. The molecule has 0 fully saturated rings. The summed E-state index contributed by atoms with van der Waals surface area (Å²) in [7, 11) is 1.56. The molecule has 7 nitrogen and oxygen atoms in total. The molecule has 0 aromatic carbocycles. The van der Waals surface area contributed by atoms with E-state index in [4.69, 9.17) is 9.26 Å². The normalized spacial score (nSPS) is 10.8. The molecular formula is C12H15N3O4. The van der Waals surface area contributed by atoms with Crippen molar-refractivity contribution in [2.75, 3.05) is 7.11 Å². The zero-order chi connectivity index (χ0) is 13.8. The van der Waals surface area contributed by atoms with Gasteiger partial charge in [0.15, 0.2) is 5.76 Å². The van der Waals surface area contributed by atoms with Crippen LogP contribution >= 0.6 is 0 Å². The van der Waals surface area contributed by atoms with Crippen LogP contribution < -0.4 is 11.2 Å². The van der Waals surface area contributed by atoms with E-state index in [9.17, 15) is 9.59 Å². The first-order valence-corrected chi connectivity index (χ1v) is 5.90. The van der Waals surface area contributed by atoms with Crippen molar-refractivity contribution in [1.82, 2.24) is 14.7 Å². The van der Waals surface area contributed by atoms with Gasteiger partial charge in [0.1, 0.15) is 12.3 Å². The molecular weight excluding hydrogens is 250 g/mol. The Labute approximate surface area is 108 Å². The second-order valence-corrected chi connectivity index (χ2v) is 4.11. The lowest BCUT2D eigenvalue weighted by atomic mass is 10.2. The molecule has 0 aliphatic heterocycles. The summed E-state index contributed by atoms with van der Waals surface area (Å²) < 4.78 is 11.4. The highest BCUT2D eigenvalue weighted by molar-refractivity contribution is 5.08. The van der Waals surface area contributed by atoms with Gasteiger partial charge in [0, 0.05) is 24.9 Å². The van der Waals surface area contributed by atoms with Crippen molar-refractivity contribution in [2.45, 2.75) is 26.5 Å². The van der Waals surface area contributed by atoms with E-state index in [1.165, 1.54) is 4.57 Å². The van der Waals surface area contributed by atoms with Crippen molar-refractivity contribution in [3.05, 3.63) is 50.1 Å². The molecule has 0 unspecified atom stereocenters. The van der Waals surface area contributed by atoms with Crippen LogP contribution in [0.3, 0.4) is 0 Å². The average Bonchev–Trinajstić information content (AvgIpc) is 2.81. The van der Waals surface area contributed by atoms with Gasteiger partial charge in [0.25, 0.3) is 5.56 Å². The van der Waals surface area contributed by atoms with Crippen LogP contribution in [0.1, 0.15) is 23.9 Å². The second-order valence-electron chi connectivity index (χ2n) is 4.11. The summed E-state index contributed by atoms with van der Waals surface area (Å²) in [4.78, 5) is 25.4.